The topological polar surface area (TPSA) is 91.2 Å². The number of tetrazole rings is 1. The Bertz CT molecular complexity index is 1030. The highest BCUT2D eigenvalue weighted by Crippen LogP contribution is 2.41. The SMILES string of the molecule is COc1ccc(Br)cc1[C@@H]1C(C(=O)O[C@@H]2C[C@H](C)CC[C@H]2C(C)C)=C(C)Nc2nnnn21. The number of nitrogens with one attached hydrogen (secondary N) is 1. The van der Waals surface area contributed by atoms with Crippen molar-refractivity contribution in [3.63, 3.8) is 0 Å². The lowest BCUT2D eigenvalue weighted by Gasteiger charge is -2.37. The molecular weight excluding hydrogens is 474 g/mol. The highest BCUT2D eigenvalue weighted by molar-refractivity contribution is 9.10. The largest absolute Gasteiger partial charge is 0.496 e. The van der Waals surface area contributed by atoms with Crippen molar-refractivity contribution in [2.45, 2.75) is 59.1 Å². The molecule has 1 saturated carbocycles. The van der Waals surface area contributed by atoms with Crippen LogP contribution in [0.1, 0.15) is 58.6 Å². The molecule has 0 radical (unpaired) electrons. The number of carbonyl (C=O) groups is 1. The van der Waals surface area contributed by atoms with Crippen LogP contribution in [-0.2, 0) is 9.53 Å². The number of nitrogens with zero attached hydrogens (tertiary/aromatic N) is 4. The van der Waals surface area contributed by atoms with Gasteiger partial charge in [0.05, 0.1) is 12.7 Å². The van der Waals surface area contributed by atoms with Crippen LogP contribution >= 0.6 is 15.9 Å². The molecule has 0 unspecified atom stereocenters. The number of rotatable bonds is 5. The molecule has 172 valence electrons. The number of allylic oxidation sites excluding steroid dienone is 1. The molecule has 0 bridgehead atoms. The van der Waals surface area contributed by atoms with Crippen molar-refractivity contribution < 1.29 is 14.3 Å². The highest BCUT2D eigenvalue weighted by Gasteiger charge is 2.40. The Hall–Kier alpha value is -2.42. The molecule has 0 amide bonds. The standard InChI is InChI=1S/C23H30BrN5O3/c1-12(2)16-8-6-13(3)10-19(16)32-22(30)20-14(4)25-23-26-27-28-29(23)21(20)17-11-15(24)7-9-18(17)31-5/h7,9,11-13,16,19,21H,6,8,10H2,1-5H3,(H,25,26,28)/t13-,16+,19-,21-/m1/s1. The van der Waals surface area contributed by atoms with Gasteiger partial charge in [-0.15, -0.1) is 0 Å². The Balaban J connectivity index is 1.74. The minimum absolute atomic E-state index is 0.105. The number of hydrogen-bond acceptors (Lipinski definition) is 7. The summed E-state index contributed by atoms with van der Waals surface area (Å²) in [6, 6.07) is 5.12. The summed E-state index contributed by atoms with van der Waals surface area (Å²) < 4.78 is 14.3. The van der Waals surface area contributed by atoms with Crippen LogP contribution in [0.3, 0.4) is 0 Å². The van der Waals surface area contributed by atoms with Crippen molar-refractivity contribution >= 4 is 27.8 Å². The van der Waals surface area contributed by atoms with Crippen LogP contribution in [0, 0.1) is 17.8 Å². The molecule has 2 aliphatic rings. The van der Waals surface area contributed by atoms with Crippen LogP contribution in [0.4, 0.5) is 5.95 Å². The molecule has 2 heterocycles. The van der Waals surface area contributed by atoms with Crippen LogP contribution in [0.5, 0.6) is 5.75 Å². The van der Waals surface area contributed by atoms with Gasteiger partial charge in [-0.05, 0) is 66.1 Å². The van der Waals surface area contributed by atoms with Gasteiger partial charge in [-0.2, -0.15) is 4.68 Å². The van der Waals surface area contributed by atoms with E-state index >= 15 is 0 Å². The number of benzene rings is 1. The second-order valence-corrected chi connectivity index (χ2v) is 10.1. The third-order valence-corrected chi connectivity index (χ3v) is 7.13. The number of esters is 1. The molecule has 1 aromatic heterocycles. The normalized spacial score (nSPS) is 25.3. The van der Waals surface area contributed by atoms with E-state index in [1.807, 2.05) is 25.1 Å². The van der Waals surface area contributed by atoms with Crippen molar-refractivity contribution in [3.05, 3.63) is 39.5 Å². The van der Waals surface area contributed by atoms with Crippen molar-refractivity contribution in [1.29, 1.82) is 0 Å². The maximum atomic E-state index is 13.7. The maximum Gasteiger partial charge on any atom is 0.338 e. The van der Waals surface area contributed by atoms with Crippen molar-refractivity contribution in [1.82, 2.24) is 20.2 Å². The molecule has 1 fully saturated rings. The summed E-state index contributed by atoms with van der Waals surface area (Å²) in [5, 5.41) is 15.2. The first-order valence-corrected chi connectivity index (χ1v) is 11.9. The van der Waals surface area contributed by atoms with E-state index in [2.05, 4.69) is 57.5 Å². The number of carbonyl (C=O) groups excluding carboxylic acids is 1. The van der Waals surface area contributed by atoms with E-state index in [0.717, 1.165) is 22.9 Å². The summed E-state index contributed by atoms with van der Waals surface area (Å²) in [4.78, 5) is 13.7. The quantitative estimate of drug-likeness (QED) is 0.589. The van der Waals surface area contributed by atoms with E-state index in [9.17, 15) is 4.79 Å². The summed E-state index contributed by atoms with van der Waals surface area (Å²) in [6.07, 6.45) is 3.03. The minimum atomic E-state index is -0.570. The lowest BCUT2D eigenvalue weighted by Crippen LogP contribution is -2.38. The summed E-state index contributed by atoms with van der Waals surface area (Å²) in [5.41, 5.74) is 1.94. The highest BCUT2D eigenvalue weighted by atomic mass is 79.9. The fourth-order valence-corrected chi connectivity index (χ4v) is 5.31. The molecule has 2 aromatic rings. The van der Waals surface area contributed by atoms with E-state index in [1.165, 1.54) is 6.42 Å². The summed E-state index contributed by atoms with van der Waals surface area (Å²) in [7, 11) is 1.61. The molecule has 1 aliphatic carbocycles. The molecular formula is C23H30BrN5O3. The van der Waals surface area contributed by atoms with Gasteiger partial charge < -0.3 is 14.8 Å². The van der Waals surface area contributed by atoms with Gasteiger partial charge in [0.15, 0.2) is 0 Å². The first kappa shape index (κ1) is 22.8. The summed E-state index contributed by atoms with van der Waals surface area (Å²) >= 11 is 3.54. The third-order valence-electron chi connectivity index (χ3n) is 6.64. The van der Waals surface area contributed by atoms with Crippen LogP contribution < -0.4 is 10.1 Å². The van der Waals surface area contributed by atoms with Crippen molar-refractivity contribution in [3.8, 4) is 5.75 Å². The van der Waals surface area contributed by atoms with Crippen LogP contribution in [0.15, 0.2) is 33.9 Å². The monoisotopic (exact) mass is 503 g/mol. The Labute approximate surface area is 196 Å². The molecule has 1 N–H and O–H groups in total. The predicted molar refractivity (Wildman–Crippen MR) is 124 cm³/mol. The maximum absolute atomic E-state index is 13.7. The predicted octanol–water partition coefficient (Wildman–Crippen LogP) is 4.74. The van der Waals surface area contributed by atoms with Gasteiger partial charge in [0.25, 0.3) is 0 Å². The number of halogens is 1. The lowest BCUT2D eigenvalue weighted by atomic mass is 9.75. The van der Waals surface area contributed by atoms with E-state index < -0.39 is 6.04 Å². The van der Waals surface area contributed by atoms with Gasteiger partial charge in [0.1, 0.15) is 17.9 Å². The molecule has 0 spiro atoms. The minimum Gasteiger partial charge on any atom is -0.496 e. The summed E-state index contributed by atoms with van der Waals surface area (Å²) in [5.74, 6) is 2.12. The molecule has 0 saturated heterocycles. The number of fused-ring (bicyclic) bond motifs is 1. The molecule has 4 rings (SSSR count). The zero-order valence-corrected chi connectivity index (χ0v) is 20.7. The molecule has 4 atom stereocenters. The van der Waals surface area contributed by atoms with Gasteiger partial charge in [0, 0.05) is 15.7 Å². The molecule has 1 aromatic carbocycles. The average Bonchev–Trinajstić information content (AvgIpc) is 3.20. The average molecular weight is 504 g/mol. The number of hydrogen-bond donors (Lipinski definition) is 1. The van der Waals surface area contributed by atoms with Gasteiger partial charge in [-0.3, -0.25) is 0 Å². The molecule has 32 heavy (non-hydrogen) atoms. The zero-order chi connectivity index (χ0) is 23.0. The van der Waals surface area contributed by atoms with Crippen LogP contribution in [0.25, 0.3) is 0 Å². The molecule has 8 nitrogen and oxygen atoms in total. The Morgan fingerprint density at radius 1 is 1.31 bits per heavy atom. The van der Waals surface area contributed by atoms with Gasteiger partial charge >= 0.3 is 5.97 Å². The van der Waals surface area contributed by atoms with Crippen LogP contribution in [0.2, 0.25) is 0 Å². The molecule has 9 heteroatoms. The second kappa shape index (κ2) is 9.21. The lowest BCUT2D eigenvalue weighted by molar-refractivity contribution is -0.151. The zero-order valence-electron chi connectivity index (χ0n) is 19.1. The Morgan fingerprint density at radius 3 is 2.81 bits per heavy atom. The smallest absolute Gasteiger partial charge is 0.338 e. The van der Waals surface area contributed by atoms with Gasteiger partial charge in [0.2, 0.25) is 5.95 Å². The first-order chi connectivity index (χ1) is 15.3. The third kappa shape index (κ3) is 4.27. The van der Waals surface area contributed by atoms with E-state index in [1.54, 1.807) is 11.8 Å². The van der Waals surface area contributed by atoms with Crippen molar-refractivity contribution in [2.75, 3.05) is 12.4 Å². The first-order valence-electron chi connectivity index (χ1n) is 11.1. The number of methoxy groups -OCH3 is 1. The molecule has 1 aliphatic heterocycles. The van der Waals surface area contributed by atoms with Gasteiger partial charge in [-0.1, -0.05) is 48.2 Å². The van der Waals surface area contributed by atoms with E-state index in [4.69, 9.17) is 9.47 Å². The Kier molecular flexibility index (Phi) is 6.55. The van der Waals surface area contributed by atoms with Crippen molar-refractivity contribution in [2.24, 2.45) is 17.8 Å². The fraction of sp³-hybridized carbons (Fsp3) is 0.565. The number of aromatic nitrogens is 4. The second-order valence-electron chi connectivity index (χ2n) is 9.17. The van der Waals surface area contributed by atoms with Crippen LogP contribution in [-0.4, -0.2) is 39.4 Å². The van der Waals surface area contributed by atoms with Gasteiger partial charge in [-0.25, -0.2) is 4.79 Å². The fourth-order valence-electron chi connectivity index (χ4n) is 4.93. The van der Waals surface area contributed by atoms with E-state index in [0.29, 0.717) is 40.7 Å². The summed E-state index contributed by atoms with van der Waals surface area (Å²) in [6.45, 7) is 8.50. The Morgan fingerprint density at radius 2 is 2.09 bits per heavy atom. The number of anilines is 1. The van der Waals surface area contributed by atoms with E-state index in [-0.39, 0.29) is 12.1 Å². The number of ether oxygens (including phenoxy) is 2.